The van der Waals surface area contributed by atoms with Crippen LogP contribution in [0.5, 0.6) is 5.75 Å². The summed E-state index contributed by atoms with van der Waals surface area (Å²) in [6.07, 6.45) is 0.271. The molecule has 1 amide bonds. The van der Waals surface area contributed by atoms with Gasteiger partial charge >= 0.3 is 0 Å². The molecule has 1 aliphatic rings. The number of ether oxygens (including phenoxy) is 1. The minimum absolute atomic E-state index is 0.0279. The average molecular weight is 281 g/mol. The highest BCUT2D eigenvalue weighted by atomic mass is 19.1. The lowest BCUT2D eigenvalue weighted by Gasteiger charge is -2.23. The quantitative estimate of drug-likeness (QED) is 0.863. The zero-order chi connectivity index (χ0) is 14.7. The SMILES string of the molecule is CC(C)C(CCO)NC(=O)C1Cc2cc(F)ccc2O1. The number of carbonyl (C=O) groups excluding carboxylic acids is 1. The number of hydrogen-bond acceptors (Lipinski definition) is 3. The van der Waals surface area contributed by atoms with Gasteiger partial charge in [-0.1, -0.05) is 13.8 Å². The molecule has 0 saturated carbocycles. The lowest BCUT2D eigenvalue weighted by Crippen LogP contribution is -2.45. The third kappa shape index (κ3) is 3.28. The van der Waals surface area contributed by atoms with Gasteiger partial charge in [-0.15, -0.1) is 0 Å². The van der Waals surface area contributed by atoms with E-state index in [1.807, 2.05) is 13.8 Å². The Labute approximate surface area is 117 Å². The zero-order valence-electron chi connectivity index (χ0n) is 11.7. The molecule has 2 rings (SSSR count). The van der Waals surface area contributed by atoms with Gasteiger partial charge in [-0.05, 0) is 30.5 Å². The first-order chi connectivity index (χ1) is 9.51. The Kier molecular flexibility index (Phi) is 4.60. The van der Waals surface area contributed by atoms with Crippen molar-refractivity contribution in [2.24, 2.45) is 5.92 Å². The highest BCUT2D eigenvalue weighted by Gasteiger charge is 2.31. The summed E-state index contributed by atoms with van der Waals surface area (Å²) in [4.78, 5) is 12.2. The second-order valence-corrected chi connectivity index (χ2v) is 5.43. The Bertz CT molecular complexity index is 490. The van der Waals surface area contributed by atoms with Gasteiger partial charge in [0.25, 0.3) is 5.91 Å². The van der Waals surface area contributed by atoms with Crippen LogP contribution in [0.4, 0.5) is 4.39 Å². The molecule has 2 atom stereocenters. The minimum Gasteiger partial charge on any atom is -0.480 e. The highest BCUT2D eigenvalue weighted by Crippen LogP contribution is 2.29. The fraction of sp³-hybridized carbons (Fsp3) is 0.533. The number of halogens is 1. The molecule has 1 heterocycles. The van der Waals surface area contributed by atoms with Crippen LogP contribution in [-0.2, 0) is 11.2 Å². The number of aliphatic hydroxyl groups is 1. The zero-order valence-corrected chi connectivity index (χ0v) is 11.7. The van der Waals surface area contributed by atoms with Gasteiger partial charge in [-0.25, -0.2) is 4.39 Å². The maximum absolute atomic E-state index is 13.1. The van der Waals surface area contributed by atoms with Crippen molar-refractivity contribution in [1.82, 2.24) is 5.32 Å². The van der Waals surface area contributed by atoms with Crippen LogP contribution >= 0.6 is 0 Å². The Balaban J connectivity index is 1.98. The van der Waals surface area contributed by atoms with E-state index in [0.717, 1.165) is 0 Å². The number of carbonyl (C=O) groups is 1. The van der Waals surface area contributed by atoms with Gasteiger partial charge in [0, 0.05) is 24.6 Å². The van der Waals surface area contributed by atoms with Gasteiger partial charge in [0.2, 0.25) is 0 Å². The molecule has 0 aliphatic carbocycles. The van der Waals surface area contributed by atoms with E-state index in [9.17, 15) is 9.18 Å². The van der Waals surface area contributed by atoms with E-state index in [1.54, 1.807) is 6.07 Å². The third-order valence-corrected chi connectivity index (χ3v) is 3.56. The molecule has 0 radical (unpaired) electrons. The summed E-state index contributed by atoms with van der Waals surface area (Å²) in [6.45, 7) is 4.00. The van der Waals surface area contributed by atoms with Crippen LogP contribution in [-0.4, -0.2) is 29.8 Å². The monoisotopic (exact) mass is 281 g/mol. The summed E-state index contributed by atoms with van der Waals surface area (Å²) in [5, 5.41) is 11.9. The molecule has 0 fully saturated rings. The molecule has 2 N–H and O–H groups in total. The summed E-state index contributed by atoms with van der Waals surface area (Å²) < 4.78 is 18.7. The smallest absolute Gasteiger partial charge is 0.261 e. The van der Waals surface area contributed by atoms with Gasteiger partial charge in [0.1, 0.15) is 11.6 Å². The molecule has 0 aromatic heterocycles. The van der Waals surface area contributed by atoms with Gasteiger partial charge < -0.3 is 15.2 Å². The van der Waals surface area contributed by atoms with Gasteiger partial charge in [0.05, 0.1) is 0 Å². The van der Waals surface area contributed by atoms with E-state index in [1.165, 1.54) is 12.1 Å². The van der Waals surface area contributed by atoms with Gasteiger partial charge in [-0.3, -0.25) is 4.79 Å². The summed E-state index contributed by atoms with van der Waals surface area (Å²) in [6, 6.07) is 4.18. The fourth-order valence-electron chi connectivity index (χ4n) is 2.35. The van der Waals surface area contributed by atoms with Crippen molar-refractivity contribution in [1.29, 1.82) is 0 Å². The van der Waals surface area contributed by atoms with Crippen molar-refractivity contribution in [3.8, 4) is 5.75 Å². The second kappa shape index (κ2) is 6.22. The first kappa shape index (κ1) is 14.8. The molecule has 0 spiro atoms. The molecule has 0 saturated heterocycles. The molecular weight excluding hydrogens is 261 g/mol. The van der Waals surface area contributed by atoms with E-state index in [-0.39, 0.29) is 30.3 Å². The average Bonchev–Trinajstić information content (AvgIpc) is 2.80. The van der Waals surface area contributed by atoms with E-state index in [4.69, 9.17) is 9.84 Å². The van der Waals surface area contributed by atoms with Crippen LogP contribution in [0.15, 0.2) is 18.2 Å². The van der Waals surface area contributed by atoms with Crippen LogP contribution in [0.2, 0.25) is 0 Å². The summed E-state index contributed by atoms with van der Waals surface area (Å²) >= 11 is 0. The van der Waals surface area contributed by atoms with E-state index in [0.29, 0.717) is 24.2 Å². The van der Waals surface area contributed by atoms with Crippen molar-refractivity contribution in [2.45, 2.75) is 38.8 Å². The van der Waals surface area contributed by atoms with E-state index >= 15 is 0 Å². The molecule has 4 nitrogen and oxygen atoms in total. The minimum atomic E-state index is -0.619. The first-order valence-electron chi connectivity index (χ1n) is 6.87. The Hall–Kier alpha value is -1.62. The van der Waals surface area contributed by atoms with Crippen LogP contribution in [0.25, 0.3) is 0 Å². The molecular formula is C15H20FNO3. The third-order valence-electron chi connectivity index (χ3n) is 3.56. The Morgan fingerprint density at radius 3 is 2.95 bits per heavy atom. The Morgan fingerprint density at radius 2 is 2.30 bits per heavy atom. The molecule has 1 aliphatic heterocycles. The van der Waals surface area contributed by atoms with Gasteiger partial charge in [-0.2, -0.15) is 0 Å². The topological polar surface area (TPSA) is 58.6 Å². The summed E-state index contributed by atoms with van der Waals surface area (Å²) in [5.41, 5.74) is 0.716. The largest absolute Gasteiger partial charge is 0.480 e. The molecule has 1 aromatic carbocycles. The lowest BCUT2D eigenvalue weighted by atomic mass is 10.0. The molecule has 110 valence electrons. The number of hydrogen-bond donors (Lipinski definition) is 2. The van der Waals surface area contributed by atoms with Crippen molar-refractivity contribution < 1.29 is 19.0 Å². The van der Waals surface area contributed by atoms with E-state index < -0.39 is 6.10 Å². The van der Waals surface area contributed by atoms with Crippen LogP contribution in [0.1, 0.15) is 25.8 Å². The maximum atomic E-state index is 13.1. The van der Waals surface area contributed by atoms with Crippen LogP contribution in [0, 0.1) is 11.7 Å². The predicted molar refractivity (Wildman–Crippen MR) is 73.0 cm³/mol. The number of rotatable bonds is 5. The van der Waals surface area contributed by atoms with Crippen molar-refractivity contribution in [3.05, 3.63) is 29.6 Å². The van der Waals surface area contributed by atoms with Crippen LogP contribution in [0.3, 0.4) is 0 Å². The standard InChI is InChI=1S/C15H20FNO3/c1-9(2)12(5-6-18)17-15(19)14-8-10-7-11(16)3-4-13(10)20-14/h3-4,7,9,12,14,18H,5-6,8H2,1-2H3,(H,17,19). The number of fused-ring (bicyclic) bond motifs is 1. The molecule has 2 unspecified atom stereocenters. The number of amides is 1. The van der Waals surface area contributed by atoms with Crippen molar-refractivity contribution >= 4 is 5.91 Å². The highest BCUT2D eigenvalue weighted by molar-refractivity contribution is 5.82. The number of aliphatic hydroxyl groups excluding tert-OH is 1. The molecule has 20 heavy (non-hydrogen) atoms. The second-order valence-electron chi connectivity index (χ2n) is 5.43. The predicted octanol–water partition coefficient (Wildman–Crippen LogP) is 1.65. The molecule has 1 aromatic rings. The Morgan fingerprint density at radius 1 is 1.55 bits per heavy atom. The molecule has 0 bridgehead atoms. The number of benzene rings is 1. The van der Waals surface area contributed by atoms with Crippen LogP contribution < -0.4 is 10.1 Å². The lowest BCUT2D eigenvalue weighted by molar-refractivity contribution is -0.128. The fourth-order valence-corrected chi connectivity index (χ4v) is 2.35. The number of nitrogens with one attached hydrogen (secondary N) is 1. The van der Waals surface area contributed by atoms with Crippen molar-refractivity contribution in [3.63, 3.8) is 0 Å². The van der Waals surface area contributed by atoms with E-state index in [2.05, 4.69) is 5.32 Å². The maximum Gasteiger partial charge on any atom is 0.261 e. The summed E-state index contributed by atoms with van der Waals surface area (Å²) in [7, 11) is 0. The molecule has 5 heteroatoms. The summed E-state index contributed by atoms with van der Waals surface area (Å²) in [5.74, 6) is 0.254. The first-order valence-corrected chi connectivity index (χ1v) is 6.87. The normalized spacial score (nSPS) is 18.6. The van der Waals surface area contributed by atoms with Crippen molar-refractivity contribution in [2.75, 3.05) is 6.61 Å². The van der Waals surface area contributed by atoms with Gasteiger partial charge in [0.15, 0.2) is 6.10 Å².